The van der Waals surface area contributed by atoms with Crippen molar-refractivity contribution in [3.8, 4) is 28.4 Å². The largest absolute Gasteiger partial charge is 0.493 e. The number of anilines is 1. The van der Waals surface area contributed by atoms with Crippen LogP contribution in [0.15, 0.2) is 24.3 Å². The molecule has 0 bridgehead atoms. The summed E-state index contributed by atoms with van der Waals surface area (Å²) in [5.41, 5.74) is 7.20. The Hall–Kier alpha value is -2.14. The lowest BCUT2D eigenvalue weighted by Crippen LogP contribution is -1.99. The Bertz CT molecular complexity index is 676. The molecule has 21 heavy (non-hydrogen) atoms. The molecule has 2 N–H and O–H groups in total. The number of halogens is 2. The van der Waals surface area contributed by atoms with Gasteiger partial charge in [0.25, 0.3) is 0 Å². The summed E-state index contributed by atoms with van der Waals surface area (Å²) in [5, 5.41) is 0.141. The van der Waals surface area contributed by atoms with Gasteiger partial charge in [-0.2, -0.15) is 0 Å². The van der Waals surface area contributed by atoms with E-state index in [1.165, 1.54) is 27.4 Å². The van der Waals surface area contributed by atoms with Crippen LogP contribution in [-0.4, -0.2) is 21.3 Å². The molecule has 4 nitrogen and oxygen atoms in total. The fourth-order valence-corrected chi connectivity index (χ4v) is 2.33. The molecule has 0 aliphatic rings. The van der Waals surface area contributed by atoms with Crippen LogP contribution in [0.4, 0.5) is 10.1 Å². The van der Waals surface area contributed by atoms with Crippen molar-refractivity contribution < 1.29 is 18.6 Å². The third-order valence-corrected chi connectivity index (χ3v) is 3.40. The Kier molecular flexibility index (Phi) is 4.43. The van der Waals surface area contributed by atoms with Crippen LogP contribution in [0.3, 0.4) is 0 Å². The molecule has 112 valence electrons. The highest BCUT2D eigenvalue weighted by molar-refractivity contribution is 6.33. The van der Waals surface area contributed by atoms with Crippen LogP contribution in [0.5, 0.6) is 17.2 Å². The van der Waals surface area contributed by atoms with Crippen molar-refractivity contribution in [3.05, 3.63) is 35.1 Å². The van der Waals surface area contributed by atoms with Crippen LogP contribution in [0.2, 0.25) is 5.02 Å². The van der Waals surface area contributed by atoms with Gasteiger partial charge in [0.05, 0.1) is 32.0 Å². The van der Waals surface area contributed by atoms with Crippen LogP contribution in [0.25, 0.3) is 11.1 Å². The molecule has 0 fully saturated rings. The molecule has 0 aliphatic carbocycles. The number of nitrogens with two attached hydrogens (primary N) is 1. The first-order valence-electron chi connectivity index (χ1n) is 6.07. The summed E-state index contributed by atoms with van der Waals surface area (Å²) >= 11 is 5.93. The highest BCUT2D eigenvalue weighted by Gasteiger charge is 2.19. The maximum Gasteiger partial charge on any atom is 0.203 e. The quantitative estimate of drug-likeness (QED) is 0.874. The van der Waals surface area contributed by atoms with Crippen LogP contribution in [0, 0.1) is 5.82 Å². The lowest BCUT2D eigenvalue weighted by molar-refractivity contribution is 0.325. The monoisotopic (exact) mass is 311 g/mol. The molecular weight excluding hydrogens is 297 g/mol. The first-order valence-corrected chi connectivity index (χ1v) is 6.45. The van der Waals surface area contributed by atoms with Gasteiger partial charge in [0.2, 0.25) is 5.75 Å². The molecule has 2 rings (SSSR count). The molecule has 0 unspecified atom stereocenters. The van der Waals surface area contributed by atoms with Crippen LogP contribution in [0.1, 0.15) is 0 Å². The molecule has 0 aliphatic heterocycles. The second kappa shape index (κ2) is 6.10. The number of methoxy groups -OCH3 is 3. The van der Waals surface area contributed by atoms with Crippen molar-refractivity contribution in [2.75, 3.05) is 27.1 Å². The van der Waals surface area contributed by atoms with E-state index in [-0.39, 0.29) is 10.7 Å². The fraction of sp³-hybridized carbons (Fsp3) is 0.200. The van der Waals surface area contributed by atoms with Gasteiger partial charge in [-0.3, -0.25) is 0 Å². The average molecular weight is 312 g/mol. The van der Waals surface area contributed by atoms with Gasteiger partial charge in [-0.1, -0.05) is 11.6 Å². The lowest BCUT2D eigenvalue weighted by Gasteiger charge is -2.17. The van der Waals surface area contributed by atoms with Gasteiger partial charge >= 0.3 is 0 Å². The Labute approximate surface area is 127 Å². The van der Waals surface area contributed by atoms with E-state index in [1.54, 1.807) is 12.1 Å². The zero-order chi connectivity index (χ0) is 15.6. The first-order chi connectivity index (χ1) is 10.0. The summed E-state index contributed by atoms with van der Waals surface area (Å²) < 4.78 is 29.5. The molecule has 0 saturated carbocycles. The van der Waals surface area contributed by atoms with E-state index in [4.69, 9.17) is 31.5 Å². The zero-order valence-corrected chi connectivity index (χ0v) is 12.6. The average Bonchev–Trinajstić information content (AvgIpc) is 2.49. The van der Waals surface area contributed by atoms with Crippen molar-refractivity contribution in [2.24, 2.45) is 0 Å². The van der Waals surface area contributed by atoms with Gasteiger partial charge in [-0.15, -0.1) is 0 Å². The summed E-state index contributed by atoms with van der Waals surface area (Å²) in [6.45, 7) is 0. The molecule has 0 atom stereocenters. The number of nitrogen functional groups attached to an aromatic ring is 1. The normalized spacial score (nSPS) is 10.3. The highest BCUT2D eigenvalue weighted by Crippen LogP contribution is 2.46. The minimum absolute atomic E-state index is 0.141. The Morgan fingerprint density at radius 1 is 0.952 bits per heavy atom. The molecule has 0 saturated heterocycles. The molecule has 0 amide bonds. The predicted octanol–water partition coefficient (Wildman–Crippen LogP) is 3.75. The zero-order valence-electron chi connectivity index (χ0n) is 11.9. The molecule has 0 spiro atoms. The summed E-state index contributed by atoms with van der Waals surface area (Å²) in [4.78, 5) is 0. The van der Waals surface area contributed by atoms with Gasteiger partial charge in [0.15, 0.2) is 11.5 Å². The molecule has 0 heterocycles. The van der Waals surface area contributed by atoms with Crippen LogP contribution < -0.4 is 19.9 Å². The van der Waals surface area contributed by atoms with Crippen molar-refractivity contribution in [2.45, 2.75) is 0 Å². The molecule has 2 aromatic carbocycles. The second-order valence-electron chi connectivity index (χ2n) is 4.23. The van der Waals surface area contributed by atoms with E-state index in [9.17, 15) is 4.39 Å². The minimum atomic E-state index is -0.485. The highest BCUT2D eigenvalue weighted by atomic mass is 35.5. The Morgan fingerprint density at radius 2 is 1.62 bits per heavy atom. The van der Waals surface area contributed by atoms with Gasteiger partial charge < -0.3 is 19.9 Å². The van der Waals surface area contributed by atoms with E-state index in [0.717, 1.165) is 6.07 Å². The molecule has 6 heteroatoms. The third-order valence-electron chi connectivity index (χ3n) is 3.09. The number of benzene rings is 2. The summed E-state index contributed by atoms with van der Waals surface area (Å²) in [6, 6.07) is 5.86. The molecule has 0 radical (unpaired) electrons. The van der Waals surface area contributed by atoms with Crippen molar-refractivity contribution in [1.29, 1.82) is 0 Å². The molecular formula is C15H15ClFNO3. The molecule has 2 aromatic rings. The number of rotatable bonds is 4. The predicted molar refractivity (Wildman–Crippen MR) is 80.9 cm³/mol. The van der Waals surface area contributed by atoms with Crippen LogP contribution in [-0.2, 0) is 0 Å². The van der Waals surface area contributed by atoms with Gasteiger partial charge in [-0.05, 0) is 24.3 Å². The third kappa shape index (κ3) is 2.69. The van der Waals surface area contributed by atoms with E-state index in [0.29, 0.717) is 28.4 Å². The van der Waals surface area contributed by atoms with Gasteiger partial charge in [-0.25, -0.2) is 4.39 Å². The summed E-state index contributed by atoms with van der Waals surface area (Å²) in [7, 11) is 4.49. The van der Waals surface area contributed by atoms with E-state index >= 15 is 0 Å². The van der Waals surface area contributed by atoms with E-state index in [2.05, 4.69) is 0 Å². The molecule has 0 aromatic heterocycles. The maximum absolute atomic E-state index is 13.6. The second-order valence-corrected chi connectivity index (χ2v) is 4.64. The lowest BCUT2D eigenvalue weighted by atomic mass is 10.0. The summed E-state index contributed by atoms with van der Waals surface area (Å²) in [5.74, 6) is 0.808. The number of hydrogen-bond donors (Lipinski definition) is 1. The standard InChI is InChI=1S/C15H15ClFNO3/c1-19-12-5-4-9(14(20-2)15(12)21-3)10-6-8(17)7-11(16)13(10)18/h4-7H,18H2,1-3H3. The van der Waals surface area contributed by atoms with Crippen molar-refractivity contribution >= 4 is 17.3 Å². The first kappa shape index (κ1) is 15.3. The number of ether oxygens (including phenoxy) is 3. The van der Waals surface area contributed by atoms with Crippen molar-refractivity contribution in [1.82, 2.24) is 0 Å². The smallest absolute Gasteiger partial charge is 0.203 e. The van der Waals surface area contributed by atoms with E-state index in [1.807, 2.05) is 0 Å². The minimum Gasteiger partial charge on any atom is -0.493 e. The van der Waals surface area contributed by atoms with Gasteiger partial charge in [0, 0.05) is 11.1 Å². The summed E-state index contributed by atoms with van der Waals surface area (Å²) in [6.07, 6.45) is 0. The van der Waals surface area contributed by atoms with Crippen molar-refractivity contribution in [3.63, 3.8) is 0 Å². The Morgan fingerprint density at radius 3 is 2.19 bits per heavy atom. The van der Waals surface area contributed by atoms with Crippen LogP contribution >= 0.6 is 11.6 Å². The topological polar surface area (TPSA) is 53.7 Å². The van der Waals surface area contributed by atoms with Gasteiger partial charge in [0.1, 0.15) is 5.82 Å². The Balaban J connectivity index is 2.76. The SMILES string of the molecule is COc1ccc(-c2cc(F)cc(Cl)c2N)c(OC)c1OC. The fourth-order valence-electron chi connectivity index (χ4n) is 2.12. The maximum atomic E-state index is 13.6. The van der Waals surface area contributed by atoms with E-state index < -0.39 is 5.82 Å². The number of hydrogen-bond acceptors (Lipinski definition) is 4.